The zero-order chi connectivity index (χ0) is 14.8. The second kappa shape index (κ2) is 6.44. The predicted molar refractivity (Wildman–Crippen MR) is 82.7 cm³/mol. The highest BCUT2D eigenvalue weighted by Gasteiger charge is 2.41. The summed E-state index contributed by atoms with van der Waals surface area (Å²) in [6.07, 6.45) is 6.14. The first-order valence-electron chi connectivity index (χ1n) is 8.19. The Hall–Kier alpha value is -0.610. The number of rotatable bonds is 5. The van der Waals surface area contributed by atoms with E-state index in [0.717, 1.165) is 6.54 Å². The molecule has 2 saturated heterocycles. The van der Waals surface area contributed by atoms with E-state index in [4.69, 9.17) is 0 Å². The molecule has 2 N–H and O–H groups in total. The van der Waals surface area contributed by atoms with Crippen molar-refractivity contribution in [2.24, 2.45) is 0 Å². The van der Waals surface area contributed by atoms with E-state index in [-0.39, 0.29) is 11.4 Å². The quantitative estimate of drug-likeness (QED) is 0.809. The maximum absolute atomic E-state index is 12.1. The lowest BCUT2D eigenvalue weighted by Crippen LogP contribution is -2.53. The van der Waals surface area contributed by atoms with Crippen LogP contribution in [-0.2, 0) is 4.79 Å². The SMILES string of the molecule is CCCNC1CC2CCC(C1)N2CC(=O)NC(C)(C)C. The van der Waals surface area contributed by atoms with Crippen molar-refractivity contribution in [2.45, 2.75) is 83.5 Å². The van der Waals surface area contributed by atoms with Crippen molar-refractivity contribution >= 4 is 5.91 Å². The Balaban J connectivity index is 1.85. The van der Waals surface area contributed by atoms with Crippen LogP contribution in [0.3, 0.4) is 0 Å². The molecule has 2 fully saturated rings. The average molecular weight is 281 g/mol. The third-order valence-corrected chi connectivity index (χ3v) is 4.41. The van der Waals surface area contributed by atoms with Crippen LogP contribution in [0, 0.1) is 0 Å². The third-order valence-electron chi connectivity index (χ3n) is 4.41. The molecule has 0 aromatic heterocycles. The van der Waals surface area contributed by atoms with Crippen molar-refractivity contribution < 1.29 is 4.79 Å². The number of carbonyl (C=O) groups is 1. The highest BCUT2D eigenvalue weighted by molar-refractivity contribution is 5.78. The number of piperidine rings is 1. The molecule has 0 saturated carbocycles. The molecule has 116 valence electrons. The number of carbonyl (C=O) groups excluding carboxylic acids is 1. The molecular weight excluding hydrogens is 250 g/mol. The Morgan fingerprint density at radius 1 is 1.20 bits per heavy atom. The van der Waals surface area contributed by atoms with E-state index in [1.165, 1.54) is 32.1 Å². The largest absolute Gasteiger partial charge is 0.350 e. The van der Waals surface area contributed by atoms with Crippen LogP contribution in [0.1, 0.15) is 59.8 Å². The van der Waals surface area contributed by atoms with Gasteiger partial charge in [0.2, 0.25) is 5.91 Å². The molecule has 2 rings (SSSR count). The smallest absolute Gasteiger partial charge is 0.234 e. The van der Waals surface area contributed by atoms with Crippen LogP contribution in [0.15, 0.2) is 0 Å². The number of fused-ring (bicyclic) bond motifs is 2. The molecule has 2 aliphatic rings. The number of amides is 1. The van der Waals surface area contributed by atoms with Crippen LogP contribution >= 0.6 is 0 Å². The Morgan fingerprint density at radius 2 is 1.80 bits per heavy atom. The monoisotopic (exact) mass is 281 g/mol. The molecule has 2 heterocycles. The molecule has 2 atom stereocenters. The normalized spacial score (nSPS) is 30.5. The van der Waals surface area contributed by atoms with E-state index in [9.17, 15) is 4.79 Å². The summed E-state index contributed by atoms with van der Waals surface area (Å²) in [5.74, 6) is 0.175. The van der Waals surface area contributed by atoms with Gasteiger partial charge in [0.05, 0.1) is 6.54 Å². The molecule has 20 heavy (non-hydrogen) atoms. The molecule has 4 nitrogen and oxygen atoms in total. The van der Waals surface area contributed by atoms with Gasteiger partial charge in [-0.2, -0.15) is 0 Å². The minimum absolute atomic E-state index is 0.128. The number of hydrogen-bond donors (Lipinski definition) is 2. The van der Waals surface area contributed by atoms with Gasteiger partial charge in [0.1, 0.15) is 0 Å². The first kappa shape index (κ1) is 15.8. The Kier molecular flexibility index (Phi) is 5.08. The summed E-state index contributed by atoms with van der Waals surface area (Å²) >= 11 is 0. The molecular formula is C16H31N3O. The second-order valence-electron chi connectivity index (χ2n) is 7.48. The van der Waals surface area contributed by atoms with Crippen LogP contribution in [-0.4, -0.2) is 47.6 Å². The van der Waals surface area contributed by atoms with Gasteiger partial charge >= 0.3 is 0 Å². The van der Waals surface area contributed by atoms with E-state index in [0.29, 0.717) is 24.7 Å². The zero-order valence-electron chi connectivity index (χ0n) is 13.5. The van der Waals surface area contributed by atoms with Crippen LogP contribution in [0.5, 0.6) is 0 Å². The van der Waals surface area contributed by atoms with Gasteiger partial charge in [-0.05, 0) is 59.4 Å². The summed E-state index contributed by atoms with van der Waals surface area (Å²) in [4.78, 5) is 14.6. The average Bonchev–Trinajstić information content (AvgIpc) is 2.58. The summed E-state index contributed by atoms with van der Waals surface area (Å²) in [6, 6.07) is 1.87. The lowest BCUT2D eigenvalue weighted by molar-refractivity contribution is -0.124. The number of nitrogens with zero attached hydrogens (tertiary/aromatic N) is 1. The van der Waals surface area contributed by atoms with Gasteiger partial charge in [0.25, 0.3) is 0 Å². The van der Waals surface area contributed by atoms with Crippen molar-refractivity contribution in [3.8, 4) is 0 Å². The number of hydrogen-bond acceptors (Lipinski definition) is 3. The fraction of sp³-hybridized carbons (Fsp3) is 0.938. The lowest BCUT2D eigenvalue weighted by Gasteiger charge is -2.39. The van der Waals surface area contributed by atoms with Crippen molar-refractivity contribution in [1.29, 1.82) is 0 Å². The van der Waals surface area contributed by atoms with Crippen LogP contribution in [0.25, 0.3) is 0 Å². The summed E-state index contributed by atoms with van der Waals surface area (Å²) in [5, 5.41) is 6.74. The summed E-state index contributed by atoms with van der Waals surface area (Å²) in [6.45, 7) is 10.0. The van der Waals surface area contributed by atoms with Gasteiger partial charge in [-0.3, -0.25) is 9.69 Å². The molecule has 0 spiro atoms. The maximum atomic E-state index is 12.1. The highest BCUT2D eigenvalue weighted by atomic mass is 16.2. The Labute approximate surface area is 123 Å². The van der Waals surface area contributed by atoms with E-state index in [1.54, 1.807) is 0 Å². The van der Waals surface area contributed by atoms with E-state index >= 15 is 0 Å². The van der Waals surface area contributed by atoms with Crippen LogP contribution < -0.4 is 10.6 Å². The molecule has 2 unspecified atom stereocenters. The maximum Gasteiger partial charge on any atom is 0.234 e. The third kappa shape index (κ3) is 4.19. The second-order valence-corrected chi connectivity index (χ2v) is 7.48. The Morgan fingerprint density at radius 3 is 2.30 bits per heavy atom. The van der Waals surface area contributed by atoms with Crippen LogP contribution in [0.2, 0.25) is 0 Å². The topological polar surface area (TPSA) is 44.4 Å². The summed E-state index contributed by atoms with van der Waals surface area (Å²) < 4.78 is 0. The van der Waals surface area contributed by atoms with Gasteiger partial charge in [0.15, 0.2) is 0 Å². The standard InChI is InChI=1S/C16H31N3O/c1-5-8-17-12-9-13-6-7-14(10-12)19(13)11-15(20)18-16(2,3)4/h12-14,17H,5-11H2,1-4H3,(H,18,20). The molecule has 4 heteroatoms. The minimum atomic E-state index is -0.128. The van der Waals surface area contributed by atoms with Gasteiger partial charge in [-0.25, -0.2) is 0 Å². The first-order valence-corrected chi connectivity index (χ1v) is 8.19. The van der Waals surface area contributed by atoms with Crippen molar-refractivity contribution in [3.05, 3.63) is 0 Å². The predicted octanol–water partition coefficient (Wildman–Crippen LogP) is 1.90. The molecule has 0 aromatic rings. The Bertz CT molecular complexity index is 323. The minimum Gasteiger partial charge on any atom is -0.350 e. The first-order chi connectivity index (χ1) is 9.39. The van der Waals surface area contributed by atoms with Crippen molar-refractivity contribution in [2.75, 3.05) is 13.1 Å². The van der Waals surface area contributed by atoms with Crippen molar-refractivity contribution in [3.63, 3.8) is 0 Å². The van der Waals surface area contributed by atoms with E-state index in [1.807, 2.05) is 20.8 Å². The van der Waals surface area contributed by atoms with Gasteiger partial charge in [-0.1, -0.05) is 6.92 Å². The molecule has 0 radical (unpaired) electrons. The number of nitrogens with one attached hydrogen (secondary N) is 2. The molecule has 0 aromatic carbocycles. The fourth-order valence-electron chi connectivity index (χ4n) is 3.67. The van der Waals surface area contributed by atoms with Gasteiger partial charge in [-0.15, -0.1) is 0 Å². The van der Waals surface area contributed by atoms with Crippen LogP contribution in [0.4, 0.5) is 0 Å². The highest BCUT2D eigenvalue weighted by Crippen LogP contribution is 2.35. The summed E-state index contributed by atoms with van der Waals surface area (Å²) in [7, 11) is 0. The van der Waals surface area contributed by atoms with Gasteiger partial charge in [0, 0.05) is 23.7 Å². The molecule has 1 amide bonds. The van der Waals surface area contributed by atoms with E-state index in [2.05, 4.69) is 22.5 Å². The zero-order valence-corrected chi connectivity index (χ0v) is 13.5. The fourth-order valence-corrected chi connectivity index (χ4v) is 3.67. The molecule has 2 bridgehead atoms. The van der Waals surface area contributed by atoms with E-state index < -0.39 is 0 Å². The molecule has 2 aliphatic heterocycles. The van der Waals surface area contributed by atoms with Crippen molar-refractivity contribution in [1.82, 2.24) is 15.5 Å². The van der Waals surface area contributed by atoms with Gasteiger partial charge < -0.3 is 10.6 Å². The lowest BCUT2D eigenvalue weighted by atomic mass is 9.97. The summed E-state index contributed by atoms with van der Waals surface area (Å²) in [5.41, 5.74) is -0.128. The molecule has 0 aliphatic carbocycles.